The van der Waals surface area contributed by atoms with Crippen LogP contribution in [-0.2, 0) is 30.2 Å². The number of carboxylic acid groups (broad SMARTS) is 1. The van der Waals surface area contributed by atoms with Gasteiger partial charge in [-0.05, 0) is 67.0 Å². The summed E-state index contributed by atoms with van der Waals surface area (Å²) in [6.45, 7) is 1.73. The van der Waals surface area contributed by atoms with Crippen molar-refractivity contribution in [3.63, 3.8) is 0 Å². The van der Waals surface area contributed by atoms with Crippen LogP contribution in [0, 0.1) is 6.92 Å². The Morgan fingerprint density at radius 1 is 1.25 bits per heavy atom. The molecule has 0 unspecified atom stereocenters. The number of carboxylic acids is 1. The van der Waals surface area contributed by atoms with Gasteiger partial charge in [-0.15, -0.1) is 11.3 Å². The summed E-state index contributed by atoms with van der Waals surface area (Å²) >= 11 is 1.58. The van der Waals surface area contributed by atoms with Gasteiger partial charge < -0.3 is 5.11 Å². The molecule has 0 bridgehead atoms. The molecule has 2 aromatic heterocycles. The molecule has 2 heterocycles. The maximum absolute atomic E-state index is 13.3. The lowest BCUT2D eigenvalue weighted by atomic mass is 9.88. The van der Waals surface area contributed by atoms with Gasteiger partial charge in [0.25, 0.3) is 0 Å². The molecule has 1 aliphatic carbocycles. The van der Waals surface area contributed by atoms with E-state index in [1.165, 1.54) is 10.9 Å². The molecule has 4 rings (SSSR count). The van der Waals surface area contributed by atoms with Gasteiger partial charge in [0, 0.05) is 16.0 Å². The van der Waals surface area contributed by atoms with E-state index in [1.54, 1.807) is 24.3 Å². The summed E-state index contributed by atoms with van der Waals surface area (Å²) in [6, 6.07) is 5.16. The summed E-state index contributed by atoms with van der Waals surface area (Å²) in [7, 11) is 0. The third-order valence-electron chi connectivity index (χ3n) is 5.22. The third kappa shape index (κ3) is 3.28. The lowest BCUT2D eigenvalue weighted by Gasteiger charge is -2.17. The molecule has 1 aliphatic rings. The van der Waals surface area contributed by atoms with Gasteiger partial charge in [0.1, 0.15) is 4.83 Å². The van der Waals surface area contributed by atoms with Crippen molar-refractivity contribution in [1.82, 2.24) is 4.98 Å². The van der Waals surface area contributed by atoms with Crippen molar-refractivity contribution in [2.24, 2.45) is 0 Å². The number of rotatable bonds is 3. The van der Waals surface area contributed by atoms with Gasteiger partial charge in [-0.2, -0.15) is 13.2 Å². The first-order valence-electron chi connectivity index (χ1n) is 9.09. The van der Waals surface area contributed by atoms with E-state index < -0.39 is 17.7 Å². The fourth-order valence-electron chi connectivity index (χ4n) is 3.98. The number of hydrogen-bond acceptors (Lipinski definition) is 3. The van der Waals surface area contributed by atoms with E-state index in [4.69, 9.17) is 0 Å². The van der Waals surface area contributed by atoms with Gasteiger partial charge in [-0.1, -0.05) is 12.1 Å². The smallest absolute Gasteiger partial charge is 0.416 e. The highest BCUT2D eigenvalue weighted by atomic mass is 32.1. The second kappa shape index (κ2) is 6.88. The Hall–Kier alpha value is -2.41. The summed E-state index contributed by atoms with van der Waals surface area (Å²) in [5.74, 6) is -1.03. The van der Waals surface area contributed by atoms with E-state index in [1.807, 2.05) is 0 Å². The van der Waals surface area contributed by atoms with Gasteiger partial charge >= 0.3 is 12.1 Å². The number of aryl methyl sites for hydroxylation is 3. The summed E-state index contributed by atoms with van der Waals surface area (Å²) in [5, 5.41) is 10.2. The number of halogens is 3. The summed E-state index contributed by atoms with van der Waals surface area (Å²) in [6.07, 6.45) is -0.851. The normalized spacial score (nSPS) is 14.3. The molecule has 0 amide bonds. The number of hydrogen-bond donors (Lipinski definition) is 1. The highest BCUT2D eigenvalue weighted by Gasteiger charge is 2.31. The summed E-state index contributed by atoms with van der Waals surface area (Å²) < 4.78 is 39.9. The fraction of sp³-hybridized carbons (Fsp3) is 0.333. The number of aromatic nitrogens is 1. The number of alkyl halides is 3. The first-order chi connectivity index (χ1) is 13.3. The Bertz CT molecular complexity index is 1090. The van der Waals surface area contributed by atoms with Crippen molar-refractivity contribution in [1.29, 1.82) is 0 Å². The molecule has 1 N–H and O–H groups in total. The Morgan fingerprint density at radius 3 is 2.71 bits per heavy atom. The Morgan fingerprint density at radius 2 is 2.00 bits per heavy atom. The van der Waals surface area contributed by atoms with E-state index in [0.29, 0.717) is 22.4 Å². The number of pyridine rings is 1. The van der Waals surface area contributed by atoms with Crippen molar-refractivity contribution in [2.45, 2.75) is 45.2 Å². The first-order valence-corrected chi connectivity index (χ1v) is 9.90. The van der Waals surface area contributed by atoms with Crippen molar-refractivity contribution in [2.75, 3.05) is 0 Å². The average Bonchev–Trinajstić information content (AvgIpc) is 2.99. The van der Waals surface area contributed by atoms with Crippen LogP contribution in [0.1, 0.15) is 40.1 Å². The predicted octanol–water partition coefficient (Wildman–Crippen LogP) is 5.80. The van der Waals surface area contributed by atoms with E-state index in [-0.39, 0.29) is 6.42 Å². The molecule has 3 aromatic rings. The van der Waals surface area contributed by atoms with Crippen LogP contribution < -0.4 is 0 Å². The second-order valence-electron chi connectivity index (χ2n) is 7.09. The molecule has 0 atom stereocenters. The maximum atomic E-state index is 13.3. The number of aliphatic carboxylic acids is 1. The molecule has 7 heteroatoms. The van der Waals surface area contributed by atoms with Crippen molar-refractivity contribution >= 4 is 27.5 Å². The number of nitrogens with zero attached hydrogens (tertiary/aromatic N) is 1. The van der Waals surface area contributed by atoms with Gasteiger partial charge in [-0.3, -0.25) is 4.79 Å². The van der Waals surface area contributed by atoms with E-state index in [2.05, 4.69) is 4.98 Å². The largest absolute Gasteiger partial charge is 0.481 e. The molecule has 1 aromatic carbocycles. The molecular formula is C21H18F3NO2S. The number of benzene rings is 1. The molecule has 0 saturated heterocycles. The molecular weight excluding hydrogens is 387 g/mol. The minimum atomic E-state index is -4.46. The highest BCUT2D eigenvalue weighted by Crippen LogP contribution is 2.44. The fourth-order valence-corrected chi connectivity index (χ4v) is 5.29. The maximum Gasteiger partial charge on any atom is 0.416 e. The van der Waals surface area contributed by atoms with Crippen molar-refractivity contribution < 1.29 is 23.1 Å². The zero-order valence-electron chi connectivity index (χ0n) is 15.2. The third-order valence-corrected chi connectivity index (χ3v) is 6.40. The van der Waals surface area contributed by atoms with Gasteiger partial charge in [0.2, 0.25) is 0 Å². The van der Waals surface area contributed by atoms with Crippen LogP contribution in [0.25, 0.3) is 21.3 Å². The van der Waals surface area contributed by atoms with Crippen LogP contribution in [0.2, 0.25) is 0 Å². The number of thiophene rings is 1. The van der Waals surface area contributed by atoms with Crippen molar-refractivity contribution in [3.05, 3.63) is 51.5 Å². The summed E-state index contributed by atoms with van der Waals surface area (Å²) in [4.78, 5) is 18.1. The predicted molar refractivity (Wildman–Crippen MR) is 103 cm³/mol. The van der Waals surface area contributed by atoms with Crippen LogP contribution in [0.15, 0.2) is 24.3 Å². The van der Waals surface area contributed by atoms with Crippen LogP contribution in [0.3, 0.4) is 0 Å². The SMILES string of the molecule is Cc1nc2sc3c(c2c(-c2cccc(C(F)(F)F)c2)c1CC(=O)O)CCCC3. The average molecular weight is 405 g/mol. The molecule has 0 aliphatic heterocycles. The molecule has 0 saturated carbocycles. The minimum absolute atomic E-state index is 0.273. The van der Waals surface area contributed by atoms with E-state index in [9.17, 15) is 23.1 Å². The summed E-state index contributed by atoms with van der Waals surface area (Å²) in [5.41, 5.74) is 2.42. The van der Waals surface area contributed by atoms with Gasteiger partial charge in [-0.25, -0.2) is 4.98 Å². The monoisotopic (exact) mass is 405 g/mol. The zero-order chi connectivity index (χ0) is 20.1. The first kappa shape index (κ1) is 18.9. The highest BCUT2D eigenvalue weighted by molar-refractivity contribution is 7.19. The molecule has 0 fully saturated rings. The number of carbonyl (C=O) groups is 1. The second-order valence-corrected chi connectivity index (χ2v) is 8.17. The van der Waals surface area contributed by atoms with E-state index >= 15 is 0 Å². The lowest BCUT2D eigenvalue weighted by molar-refractivity contribution is -0.138. The lowest BCUT2D eigenvalue weighted by Crippen LogP contribution is -2.08. The quantitative estimate of drug-likeness (QED) is 0.599. The zero-order valence-corrected chi connectivity index (χ0v) is 16.0. The topological polar surface area (TPSA) is 50.2 Å². The molecule has 28 heavy (non-hydrogen) atoms. The van der Waals surface area contributed by atoms with Crippen LogP contribution in [0.4, 0.5) is 13.2 Å². The molecule has 0 spiro atoms. The van der Waals surface area contributed by atoms with Crippen LogP contribution in [-0.4, -0.2) is 16.1 Å². The standard InChI is InChI=1S/C21H18F3NO2S/c1-11-15(10-17(26)27)18(12-5-4-6-13(9-12)21(22,23)24)19-14-7-2-3-8-16(14)28-20(19)25-11/h4-6,9H,2-3,7-8,10H2,1H3,(H,26,27). The van der Waals surface area contributed by atoms with E-state index in [0.717, 1.165) is 53.6 Å². The minimum Gasteiger partial charge on any atom is -0.481 e. The van der Waals surface area contributed by atoms with Crippen LogP contribution in [0.5, 0.6) is 0 Å². The van der Waals surface area contributed by atoms with Crippen molar-refractivity contribution in [3.8, 4) is 11.1 Å². The Labute approximate surface area is 163 Å². The Kier molecular flexibility index (Phi) is 4.65. The number of fused-ring (bicyclic) bond motifs is 3. The van der Waals surface area contributed by atoms with Crippen LogP contribution >= 0.6 is 11.3 Å². The van der Waals surface area contributed by atoms with Gasteiger partial charge in [0.15, 0.2) is 0 Å². The molecule has 3 nitrogen and oxygen atoms in total. The Balaban J connectivity index is 2.07. The molecule has 0 radical (unpaired) electrons. The van der Waals surface area contributed by atoms with Gasteiger partial charge in [0.05, 0.1) is 12.0 Å². The molecule has 146 valence electrons.